The lowest BCUT2D eigenvalue weighted by molar-refractivity contribution is -0.134. The van der Waals surface area contributed by atoms with Crippen molar-refractivity contribution in [1.29, 1.82) is 0 Å². The molecule has 0 N–H and O–H groups in total. The molecular weight excluding hydrogens is 332 g/mol. The van der Waals surface area contributed by atoms with Crippen molar-refractivity contribution in [2.45, 2.75) is 32.4 Å². The molecule has 2 saturated heterocycles. The molecule has 5 atom stereocenters. The number of hydrogen-bond donors (Lipinski definition) is 0. The van der Waals surface area contributed by atoms with Gasteiger partial charge in [0.15, 0.2) is 0 Å². The Hall–Kier alpha value is -2.63. The molecule has 26 heavy (non-hydrogen) atoms. The Morgan fingerprint density at radius 1 is 1.19 bits per heavy atom. The smallest absolute Gasteiger partial charge is 0.410 e. The first-order valence-electron chi connectivity index (χ1n) is 9.00. The highest BCUT2D eigenvalue weighted by Gasteiger charge is 2.67. The number of ether oxygens (including phenoxy) is 1. The fourth-order valence-electron chi connectivity index (χ4n) is 4.91. The van der Waals surface area contributed by atoms with Gasteiger partial charge in [0.2, 0.25) is 11.8 Å². The van der Waals surface area contributed by atoms with Crippen LogP contribution in [-0.4, -0.2) is 41.0 Å². The fraction of sp³-hybridized carbons (Fsp3) is 0.450. The summed E-state index contributed by atoms with van der Waals surface area (Å²) in [6.07, 6.45) is 3.45. The molecule has 0 spiro atoms. The maximum atomic E-state index is 13.3. The summed E-state index contributed by atoms with van der Waals surface area (Å²) in [7, 11) is 0. The summed E-state index contributed by atoms with van der Waals surface area (Å²) in [6.45, 7) is 5.79. The Kier molecular flexibility index (Phi) is 3.68. The Balaban J connectivity index is 1.79. The zero-order valence-electron chi connectivity index (χ0n) is 15.1. The standard InChI is InChI=1S/C20H22N2O4/c1-4-26-19(25)22-12(2)14-10-11-20(22,3)16-15(14)17(23)21(18(16)24)13-8-6-5-7-9-13/h5-12,14-16H,4H2,1-3H3/t12-,14+,15+,16-,20+/m1/s1. The molecule has 5 rings (SSSR count). The number of rotatable bonds is 2. The van der Waals surface area contributed by atoms with Crippen molar-refractivity contribution < 1.29 is 19.1 Å². The predicted octanol–water partition coefficient (Wildman–Crippen LogP) is 2.60. The Bertz CT molecular complexity index is 805. The van der Waals surface area contributed by atoms with Crippen molar-refractivity contribution in [2.75, 3.05) is 11.5 Å². The van der Waals surface area contributed by atoms with E-state index >= 15 is 0 Å². The van der Waals surface area contributed by atoms with Gasteiger partial charge in [0.05, 0.1) is 29.7 Å². The highest BCUT2D eigenvalue weighted by molar-refractivity contribution is 6.23. The molecule has 1 aromatic rings. The van der Waals surface area contributed by atoms with Crippen LogP contribution in [0.2, 0.25) is 0 Å². The third kappa shape index (κ3) is 2.01. The highest BCUT2D eigenvalue weighted by Crippen LogP contribution is 2.54. The molecule has 4 aliphatic rings. The summed E-state index contributed by atoms with van der Waals surface area (Å²) >= 11 is 0. The SMILES string of the molecule is CCOC(=O)N1[C@H](C)[C@@H]2C=C[C@@]1(C)[C@H]1C(=O)N(c3ccccc3)C(=O)[C@@H]21. The quantitative estimate of drug-likeness (QED) is 0.605. The summed E-state index contributed by atoms with van der Waals surface area (Å²) in [5.41, 5.74) is -0.295. The predicted molar refractivity (Wildman–Crippen MR) is 95.3 cm³/mol. The van der Waals surface area contributed by atoms with Crippen LogP contribution in [0.5, 0.6) is 0 Å². The van der Waals surface area contributed by atoms with E-state index in [1.807, 2.05) is 32.1 Å². The third-order valence-electron chi connectivity index (χ3n) is 6.01. The number of anilines is 1. The van der Waals surface area contributed by atoms with E-state index in [-0.39, 0.29) is 30.4 Å². The molecule has 6 nitrogen and oxygen atoms in total. The van der Waals surface area contributed by atoms with E-state index in [1.54, 1.807) is 36.1 Å². The largest absolute Gasteiger partial charge is 0.450 e. The summed E-state index contributed by atoms with van der Waals surface area (Å²) in [4.78, 5) is 42.0. The molecular formula is C20H22N2O4. The maximum Gasteiger partial charge on any atom is 0.410 e. The van der Waals surface area contributed by atoms with Crippen LogP contribution >= 0.6 is 0 Å². The van der Waals surface area contributed by atoms with Crippen molar-refractivity contribution in [2.24, 2.45) is 17.8 Å². The third-order valence-corrected chi connectivity index (χ3v) is 6.01. The number of hydrogen-bond acceptors (Lipinski definition) is 4. The molecule has 136 valence electrons. The second-order valence-corrected chi connectivity index (χ2v) is 7.32. The van der Waals surface area contributed by atoms with Crippen molar-refractivity contribution in [3.8, 4) is 0 Å². The number of piperidine rings is 1. The van der Waals surface area contributed by atoms with Crippen LogP contribution in [0.25, 0.3) is 0 Å². The van der Waals surface area contributed by atoms with Crippen LogP contribution < -0.4 is 4.90 Å². The zero-order valence-corrected chi connectivity index (χ0v) is 15.1. The molecule has 0 radical (unpaired) electrons. The van der Waals surface area contributed by atoms with Crippen molar-refractivity contribution in [1.82, 2.24) is 4.90 Å². The number of fused-ring (bicyclic) bond motifs is 1. The van der Waals surface area contributed by atoms with Gasteiger partial charge in [0, 0.05) is 12.0 Å². The first-order valence-corrected chi connectivity index (χ1v) is 9.00. The average molecular weight is 354 g/mol. The van der Waals surface area contributed by atoms with Gasteiger partial charge in [-0.2, -0.15) is 0 Å². The van der Waals surface area contributed by atoms with Gasteiger partial charge in [-0.05, 0) is 32.9 Å². The number of carbonyl (C=O) groups excluding carboxylic acids is 3. The van der Waals surface area contributed by atoms with Crippen LogP contribution in [-0.2, 0) is 14.3 Å². The lowest BCUT2D eigenvalue weighted by atomic mass is 9.61. The summed E-state index contributed by atoms with van der Waals surface area (Å²) < 4.78 is 5.23. The van der Waals surface area contributed by atoms with Gasteiger partial charge in [-0.25, -0.2) is 9.69 Å². The minimum Gasteiger partial charge on any atom is -0.450 e. The topological polar surface area (TPSA) is 66.9 Å². The molecule has 0 aromatic heterocycles. The van der Waals surface area contributed by atoms with Crippen LogP contribution in [0.15, 0.2) is 42.5 Å². The summed E-state index contributed by atoms with van der Waals surface area (Å²) in [6, 6.07) is 8.77. The van der Waals surface area contributed by atoms with E-state index in [0.717, 1.165) is 0 Å². The lowest BCUT2D eigenvalue weighted by Crippen LogP contribution is -2.68. The number of amides is 3. The first-order chi connectivity index (χ1) is 12.4. The van der Waals surface area contributed by atoms with Gasteiger partial charge in [-0.1, -0.05) is 30.4 Å². The number of imide groups is 1. The maximum absolute atomic E-state index is 13.3. The van der Waals surface area contributed by atoms with Crippen LogP contribution in [0, 0.1) is 17.8 Å². The molecule has 0 saturated carbocycles. The summed E-state index contributed by atoms with van der Waals surface area (Å²) in [5, 5.41) is 0. The fourth-order valence-corrected chi connectivity index (χ4v) is 4.91. The molecule has 2 fully saturated rings. The molecule has 3 amide bonds. The Labute approximate surface area is 152 Å². The molecule has 6 heteroatoms. The normalized spacial score (nSPS) is 35.0. The van der Waals surface area contributed by atoms with Gasteiger partial charge in [-0.3, -0.25) is 14.5 Å². The van der Waals surface area contributed by atoms with Crippen LogP contribution in [0.4, 0.5) is 10.5 Å². The number of nitrogens with zero attached hydrogens (tertiary/aromatic N) is 2. The van der Waals surface area contributed by atoms with Gasteiger partial charge in [0.25, 0.3) is 0 Å². The van der Waals surface area contributed by atoms with E-state index < -0.39 is 23.5 Å². The summed E-state index contributed by atoms with van der Waals surface area (Å²) in [5.74, 6) is -1.66. The molecule has 1 aromatic carbocycles. The molecule has 2 bridgehead atoms. The minimum atomic E-state index is -0.874. The van der Waals surface area contributed by atoms with Gasteiger partial charge >= 0.3 is 6.09 Å². The van der Waals surface area contributed by atoms with Crippen molar-refractivity contribution >= 4 is 23.6 Å². The highest BCUT2D eigenvalue weighted by atomic mass is 16.6. The van der Waals surface area contributed by atoms with Gasteiger partial charge in [0.1, 0.15) is 0 Å². The van der Waals surface area contributed by atoms with Crippen molar-refractivity contribution in [3.05, 3.63) is 42.5 Å². The van der Waals surface area contributed by atoms with E-state index in [2.05, 4.69) is 0 Å². The zero-order chi connectivity index (χ0) is 18.6. The number of benzene rings is 1. The average Bonchev–Trinajstić information content (AvgIpc) is 2.88. The van der Waals surface area contributed by atoms with E-state index in [0.29, 0.717) is 5.69 Å². The Morgan fingerprint density at radius 3 is 2.54 bits per heavy atom. The van der Waals surface area contributed by atoms with Gasteiger partial charge < -0.3 is 4.74 Å². The molecule has 0 unspecified atom stereocenters. The Morgan fingerprint density at radius 2 is 1.88 bits per heavy atom. The molecule has 3 heterocycles. The molecule has 3 aliphatic heterocycles. The van der Waals surface area contributed by atoms with Crippen molar-refractivity contribution in [3.63, 3.8) is 0 Å². The first kappa shape index (κ1) is 16.8. The monoisotopic (exact) mass is 354 g/mol. The van der Waals surface area contributed by atoms with E-state index in [9.17, 15) is 14.4 Å². The number of para-hydroxylation sites is 1. The minimum absolute atomic E-state index is 0.179. The van der Waals surface area contributed by atoms with Gasteiger partial charge in [-0.15, -0.1) is 0 Å². The second-order valence-electron chi connectivity index (χ2n) is 7.32. The second kappa shape index (κ2) is 5.69. The van der Waals surface area contributed by atoms with Crippen LogP contribution in [0.1, 0.15) is 20.8 Å². The van der Waals surface area contributed by atoms with Crippen LogP contribution in [0.3, 0.4) is 0 Å². The van der Waals surface area contributed by atoms with E-state index in [1.165, 1.54) is 4.90 Å². The number of carbonyl (C=O) groups is 3. The molecule has 1 aliphatic carbocycles. The van der Waals surface area contributed by atoms with E-state index in [4.69, 9.17) is 4.74 Å². The lowest BCUT2D eigenvalue weighted by Gasteiger charge is -2.56.